The van der Waals surface area contributed by atoms with Gasteiger partial charge in [-0.1, -0.05) is 32.6 Å². The van der Waals surface area contributed by atoms with Gasteiger partial charge < -0.3 is 10.1 Å². The second kappa shape index (κ2) is 8.25. The Kier molecular flexibility index (Phi) is 6.65. The minimum atomic E-state index is -0.00121. The van der Waals surface area contributed by atoms with Crippen LogP contribution in [0.5, 0.6) is 0 Å². The van der Waals surface area contributed by atoms with Crippen molar-refractivity contribution < 1.29 is 4.74 Å². The van der Waals surface area contributed by atoms with Crippen LogP contribution in [0.4, 0.5) is 0 Å². The number of aromatic nitrogens is 1. The van der Waals surface area contributed by atoms with E-state index >= 15 is 0 Å². The third-order valence-corrected chi connectivity index (χ3v) is 5.37. The van der Waals surface area contributed by atoms with Crippen molar-refractivity contribution in [1.82, 2.24) is 10.3 Å². The minimum Gasteiger partial charge on any atom is -0.374 e. The van der Waals surface area contributed by atoms with Crippen molar-refractivity contribution in [2.75, 3.05) is 13.2 Å². The number of aryl methyl sites for hydroxylation is 1. The molecule has 1 aliphatic rings. The third-order valence-electron chi connectivity index (χ3n) is 4.55. The lowest BCUT2D eigenvalue weighted by Gasteiger charge is -2.40. The molecule has 0 bridgehead atoms. The lowest BCUT2D eigenvalue weighted by Crippen LogP contribution is -2.53. The van der Waals surface area contributed by atoms with Crippen molar-refractivity contribution in [3.05, 3.63) is 16.1 Å². The maximum atomic E-state index is 6.36. The maximum Gasteiger partial charge on any atom is 0.0897 e. The highest BCUT2D eigenvalue weighted by molar-refractivity contribution is 7.09. The lowest BCUT2D eigenvalue weighted by atomic mass is 9.83. The summed E-state index contributed by atoms with van der Waals surface area (Å²) >= 11 is 1.75. The summed E-state index contributed by atoms with van der Waals surface area (Å²) in [5.74, 6) is 0. The molecular weight excluding hydrogens is 280 g/mol. The average molecular weight is 311 g/mol. The van der Waals surface area contributed by atoms with Gasteiger partial charge in [0.05, 0.1) is 16.3 Å². The predicted molar refractivity (Wildman–Crippen MR) is 90.1 cm³/mol. The van der Waals surface area contributed by atoms with Gasteiger partial charge in [0, 0.05) is 24.4 Å². The molecule has 1 aromatic rings. The molecular formula is C17H30N2OS. The van der Waals surface area contributed by atoms with Crippen molar-refractivity contribution in [2.45, 2.75) is 77.4 Å². The van der Waals surface area contributed by atoms with E-state index in [-0.39, 0.29) is 5.60 Å². The number of nitrogens with one attached hydrogen (secondary N) is 1. The number of thiazole rings is 1. The van der Waals surface area contributed by atoms with Gasteiger partial charge in [-0.15, -0.1) is 11.3 Å². The molecule has 1 atom stereocenters. The van der Waals surface area contributed by atoms with E-state index in [1.54, 1.807) is 11.3 Å². The van der Waals surface area contributed by atoms with Gasteiger partial charge in [-0.3, -0.25) is 0 Å². The van der Waals surface area contributed by atoms with Gasteiger partial charge in [0.1, 0.15) is 0 Å². The molecule has 1 N–H and O–H groups in total. The quantitative estimate of drug-likeness (QED) is 0.770. The summed E-state index contributed by atoms with van der Waals surface area (Å²) in [6.07, 6.45) is 8.63. The van der Waals surface area contributed by atoms with Crippen LogP contribution in [0, 0.1) is 6.92 Å². The first-order chi connectivity index (χ1) is 10.2. The molecule has 21 heavy (non-hydrogen) atoms. The van der Waals surface area contributed by atoms with E-state index < -0.39 is 0 Å². The molecule has 120 valence electrons. The van der Waals surface area contributed by atoms with Gasteiger partial charge in [0.2, 0.25) is 0 Å². The maximum absolute atomic E-state index is 6.36. The Morgan fingerprint density at radius 3 is 2.52 bits per heavy atom. The van der Waals surface area contributed by atoms with Gasteiger partial charge in [-0.2, -0.15) is 0 Å². The molecule has 3 nitrogen and oxygen atoms in total. The van der Waals surface area contributed by atoms with E-state index in [9.17, 15) is 0 Å². The van der Waals surface area contributed by atoms with E-state index in [4.69, 9.17) is 4.74 Å². The highest BCUT2D eigenvalue weighted by Crippen LogP contribution is 2.35. The van der Waals surface area contributed by atoms with Crippen molar-refractivity contribution >= 4 is 11.3 Å². The molecule has 4 heteroatoms. The lowest BCUT2D eigenvalue weighted by molar-refractivity contribution is -0.0766. The molecule has 1 unspecified atom stereocenters. The van der Waals surface area contributed by atoms with Crippen molar-refractivity contribution in [2.24, 2.45) is 0 Å². The van der Waals surface area contributed by atoms with E-state index in [0.717, 1.165) is 24.6 Å². The molecule has 0 spiro atoms. The SMILES string of the molecule is CCNC(Cc1csc(C)n1)C1(OCC)CCCCCC1. The monoisotopic (exact) mass is 310 g/mol. The van der Waals surface area contributed by atoms with Crippen LogP contribution < -0.4 is 5.32 Å². The topological polar surface area (TPSA) is 34.2 Å². The third kappa shape index (κ3) is 4.51. The number of hydrogen-bond acceptors (Lipinski definition) is 4. The van der Waals surface area contributed by atoms with Crippen molar-refractivity contribution in [1.29, 1.82) is 0 Å². The molecule has 1 fully saturated rings. The average Bonchev–Trinajstić information content (AvgIpc) is 2.73. The standard InChI is InChI=1S/C17H30N2OS/c1-4-18-16(12-15-13-21-14(3)19-15)17(20-5-2)10-8-6-7-9-11-17/h13,16,18H,4-12H2,1-3H3. The molecule has 1 heterocycles. The Bertz CT molecular complexity index is 411. The second-order valence-electron chi connectivity index (χ2n) is 6.08. The minimum absolute atomic E-state index is 0.00121. The van der Waals surface area contributed by atoms with Crippen LogP contribution in [0.2, 0.25) is 0 Å². The van der Waals surface area contributed by atoms with Gasteiger partial charge in [-0.25, -0.2) is 4.98 Å². The molecule has 0 aromatic carbocycles. The predicted octanol–water partition coefficient (Wildman–Crippen LogP) is 4.10. The molecule has 1 aliphatic carbocycles. The van der Waals surface area contributed by atoms with Crippen molar-refractivity contribution in [3.63, 3.8) is 0 Å². The largest absolute Gasteiger partial charge is 0.374 e. The summed E-state index contributed by atoms with van der Waals surface area (Å²) in [5.41, 5.74) is 1.21. The van der Waals surface area contributed by atoms with E-state index in [1.165, 1.54) is 44.2 Å². The first-order valence-electron chi connectivity index (χ1n) is 8.48. The van der Waals surface area contributed by atoms with Crippen LogP contribution in [0.25, 0.3) is 0 Å². The number of hydrogen-bond donors (Lipinski definition) is 1. The molecule has 2 rings (SSSR count). The zero-order chi connectivity index (χ0) is 15.1. The zero-order valence-corrected chi connectivity index (χ0v) is 14.6. The normalized spacial score (nSPS) is 20.1. The zero-order valence-electron chi connectivity index (χ0n) is 13.8. The second-order valence-corrected chi connectivity index (χ2v) is 7.15. The van der Waals surface area contributed by atoms with Crippen LogP contribution in [0.1, 0.15) is 63.1 Å². The van der Waals surface area contributed by atoms with Crippen LogP contribution in [-0.4, -0.2) is 29.8 Å². The van der Waals surface area contributed by atoms with Gasteiger partial charge in [0.25, 0.3) is 0 Å². The number of nitrogens with zero attached hydrogens (tertiary/aromatic N) is 1. The smallest absolute Gasteiger partial charge is 0.0897 e. The summed E-state index contributed by atoms with van der Waals surface area (Å²) in [6.45, 7) is 8.19. The molecule has 1 aromatic heterocycles. The van der Waals surface area contributed by atoms with Crippen LogP contribution in [0.15, 0.2) is 5.38 Å². The van der Waals surface area contributed by atoms with E-state index in [2.05, 4.69) is 36.5 Å². The van der Waals surface area contributed by atoms with Gasteiger partial charge >= 0.3 is 0 Å². The fraction of sp³-hybridized carbons (Fsp3) is 0.824. The highest BCUT2D eigenvalue weighted by atomic mass is 32.1. The summed E-state index contributed by atoms with van der Waals surface area (Å²) < 4.78 is 6.36. The first-order valence-corrected chi connectivity index (χ1v) is 9.36. The Hall–Kier alpha value is -0.450. The summed E-state index contributed by atoms with van der Waals surface area (Å²) in [5, 5.41) is 7.07. The Morgan fingerprint density at radius 1 is 1.29 bits per heavy atom. The molecule has 0 amide bonds. The fourth-order valence-corrected chi connectivity index (χ4v) is 4.24. The van der Waals surface area contributed by atoms with Crippen molar-refractivity contribution in [3.8, 4) is 0 Å². The van der Waals surface area contributed by atoms with Crippen LogP contribution in [-0.2, 0) is 11.2 Å². The van der Waals surface area contributed by atoms with E-state index in [1.807, 2.05) is 0 Å². The molecule has 1 saturated carbocycles. The fourth-order valence-electron chi connectivity index (χ4n) is 3.61. The Balaban J connectivity index is 2.17. The van der Waals surface area contributed by atoms with Gasteiger partial charge in [-0.05, 0) is 33.2 Å². The number of rotatable bonds is 7. The number of ether oxygens (including phenoxy) is 1. The summed E-state index contributed by atoms with van der Waals surface area (Å²) in [7, 11) is 0. The molecule has 0 radical (unpaired) electrons. The summed E-state index contributed by atoms with van der Waals surface area (Å²) in [6, 6.07) is 0.377. The van der Waals surface area contributed by atoms with Crippen LogP contribution in [0.3, 0.4) is 0 Å². The van der Waals surface area contributed by atoms with Gasteiger partial charge in [0.15, 0.2) is 0 Å². The number of likely N-dealkylation sites (N-methyl/N-ethyl adjacent to an activating group) is 1. The summed E-state index contributed by atoms with van der Waals surface area (Å²) in [4.78, 5) is 4.67. The Morgan fingerprint density at radius 2 is 2.00 bits per heavy atom. The highest BCUT2D eigenvalue weighted by Gasteiger charge is 2.39. The van der Waals surface area contributed by atoms with Crippen LogP contribution >= 0.6 is 11.3 Å². The van der Waals surface area contributed by atoms with E-state index in [0.29, 0.717) is 6.04 Å². The molecule has 0 aliphatic heterocycles. The first kappa shape index (κ1) is 16.9. The molecule has 0 saturated heterocycles. The Labute approximate surface area is 133 Å².